The van der Waals surface area contributed by atoms with Crippen molar-refractivity contribution in [1.82, 2.24) is 0 Å². The molecule has 23 heavy (non-hydrogen) atoms. The average molecular weight is 331 g/mol. The second-order valence-corrected chi connectivity index (χ2v) is 11.8. The molecule has 1 unspecified atom stereocenters. The van der Waals surface area contributed by atoms with Crippen molar-refractivity contribution in [3.63, 3.8) is 0 Å². The Hall–Kier alpha value is -0.863. The molecule has 1 aliphatic carbocycles. The van der Waals surface area contributed by atoms with Gasteiger partial charge in [-0.25, -0.2) is 0 Å². The van der Waals surface area contributed by atoms with Crippen molar-refractivity contribution in [2.24, 2.45) is 5.92 Å². The van der Waals surface area contributed by atoms with E-state index in [0.29, 0.717) is 5.92 Å². The molecule has 0 radical (unpaired) electrons. The third kappa shape index (κ3) is 4.57. The molecular weight excluding hydrogens is 296 g/mol. The molecule has 0 spiro atoms. The fraction of sp³-hybridized carbons (Fsp3) is 0.619. The van der Waals surface area contributed by atoms with Crippen LogP contribution in [-0.2, 0) is 4.43 Å². The lowest BCUT2D eigenvalue weighted by atomic mass is 9.81. The molecule has 128 valence electrons. The fourth-order valence-corrected chi connectivity index (χ4v) is 6.71. The smallest absolute Gasteiger partial charge is 0.193 e. The molecule has 0 bridgehead atoms. The van der Waals surface area contributed by atoms with Gasteiger partial charge in [-0.2, -0.15) is 0 Å². The topological polar surface area (TPSA) is 9.23 Å². The highest BCUT2D eigenvalue weighted by Crippen LogP contribution is 2.40. The van der Waals surface area contributed by atoms with Crippen LogP contribution in [0.4, 0.5) is 0 Å². The van der Waals surface area contributed by atoms with Crippen LogP contribution in [0.3, 0.4) is 0 Å². The molecule has 1 fully saturated rings. The van der Waals surface area contributed by atoms with Crippen LogP contribution in [0.15, 0.2) is 42.5 Å². The van der Waals surface area contributed by atoms with Crippen molar-refractivity contribution in [1.29, 1.82) is 0 Å². The second-order valence-electron chi connectivity index (χ2n) is 7.06. The summed E-state index contributed by atoms with van der Waals surface area (Å²) in [7, 11) is -1.65. The van der Waals surface area contributed by atoms with E-state index in [4.69, 9.17) is 4.43 Å². The molecule has 0 N–H and O–H groups in total. The van der Waals surface area contributed by atoms with E-state index in [1.165, 1.54) is 61.4 Å². The molecule has 0 heterocycles. The lowest BCUT2D eigenvalue weighted by molar-refractivity contribution is 0.202. The number of hydrogen-bond acceptors (Lipinski definition) is 1. The Balaban J connectivity index is 2.26. The van der Waals surface area contributed by atoms with Crippen LogP contribution < -0.4 is 0 Å². The Bertz CT molecular complexity index is 464. The maximum atomic E-state index is 6.93. The maximum Gasteiger partial charge on any atom is 0.193 e. The minimum absolute atomic E-state index is 0.103. The molecule has 2 heteroatoms. The summed E-state index contributed by atoms with van der Waals surface area (Å²) in [5.74, 6) is 0.645. The highest BCUT2D eigenvalue weighted by molar-refractivity contribution is 6.73. The monoisotopic (exact) mass is 330 g/mol. The first-order valence-electron chi connectivity index (χ1n) is 9.57. The van der Waals surface area contributed by atoms with Gasteiger partial charge >= 0.3 is 0 Å². The van der Waals surface area contributed by atoms with Crippen LogP contribution in [-0.4, -0.2) is 8.32 Å². The number of hydrogen-bond donors (Lipinski definition) is 0. The lowest BCUT2D eigenvalue weighted by Crippen LogP contribution is -2.38. The van der Waals surface area contributed by atoms with Crippen molar-refractivity contribution in [2.75, 3.05) is 0 Å². The van der Waals surface area contributed by atoms with Gasteiger partial charge < -0.3 is 4.43 Å². The Labute approximate surface area is 144 Å². The summed E-state index contributed by atoms with van der Waals surface area (Å²) in [6, 6.07) is 14.4. The van der Waals surface area contributed by atoms with Crippen molar-refractivity contribution in [2.45, 2.75) is 77.1 Å². The Kier molecular flexibility index (Phi) is 7.10. The first-order chi connectivity index (χ1) is 11.2. The minimum atomic E-state index is -1.65. The lowest BCUT2D eigenvalue weighted by Gasteiger charge is -2.37. The van der Waals surface area contributed by atoms with Gasteiger partial charge in [-0.05, 0) is 48.0 Å². The summed E-state index contributed by atoms with van der Waals surface area (Å²) >= 11 is 0. The summed E-state index contributed by atoms with van der Waals surface area (Å²) in [6.07, 6.45) is 6.78. The molecule has 0 aromatic heterocycles. The van der Waals surface area contributed by atoms with Crippen LogP contribution in [0.1, 0.15) is 64.5 Å². The third-order valence-electron chi connectivity index (χ3n) is 5.87. The SMILES string of the molecule is C=C(C1CCCCC1)C(O[Si](CC)(CC)CC)c1ccccc1. The molecule has 1 aromatic carbocycles. The van der Waals surface area contributed by atoms with Crippen molar-refractivity contribution in [3.05, 3.63) is 48.0 Å². The molecule has 0 saturated heterocycles. The largest absolute Gasteiger partial charge is 0.406 e. The van der Waals surface area contributed by atoms with Gasteiger partial charge in [-0.15, -0.1) is 0 Å². The average Bonchev–Trinajstić information content (AvgIpc) is 2.64. The molecule has 1 aromatic rings. The minimum Gasteiger partial charge on any atom is -0.406 e. The van der Waals surface area contributed by atoms with E-state index in [9.17, 15) is 0 Å². The summed E-state index contributed by atoms with van der Waals surface area (Å²) in [4.78, 5) is 0. The van der Waals surface area contributed by atoms with E-state index in [-0.39, 0.29) is 6.10 Å². The molecular formula is C21H34OSi. The summed E-state index contributed by atoms with van der Waals surface area (Å²) in [5, 5.41) is 0. The van der Waals surface area contributed by atoms with Gasteiger partial charge in [0.2, 0.25) is 0 Å². The first kappa shape index (κ1) is 18.5. The van der Waals surface area contributed by atoms with Crippen molar-refractivity contribution >= 4 is 8.32 Å². The number of rotatable bonds is 8. The van der Waals surface area contributed by atoms with Gasteiger partial charge in [0.25, 0.3) is 0 Å². The van der Waals surface area contributed by atoms with Crippen molar-refractivity contribution < 1.29 is 4.43 Å². The molecule has 2 rings (SSSR count). The molecule has 1 nitrogen and oxygen atoms in total. The summed E-state index contributed by atoms with van der Waals surface area (Å²) < 4.78 is 6.93. The maximum absolute atomic E-state index is 6.93. The van der Waals surface area contributed by atoms with E-state index < -0.39 is 8.32 Å². The van der Waals surface area contributed by atoms with Gasteiger partial charge in [0, 0.05) is 0 Å². The van der Waals surface area contributed by atoms with E-state index in [1.807, 2.05) is 0 Å². The zero-order chi connectivity index (χ0) is 16.7. The van der Waals surface area contributed by atoms with Crippen LogP contribution in [0.5, 0.6) is 0 Å². The van der Waals surface area contributed by atoms with E-state index in [1.54, 1.807) is 0 Å². The zero-order valence-electron chi connectivity index (χ0n) is 15.3. The normalized spacial score (nSPS) is 17.9. The molecule has 1 saturated carbocycles. The Morgan fingerprint density at radius 2 is 1.61 bits per heavy atom. The summed E-state index contributed by atoms with van der Waals surface area (Å²) in [5.41, 5.74) is 2.64. The van der Waals surface area contributed by atoms with E-state index >= 15 is 0 Å². The predicted octanol–water partition coefficient (Wildman–Crippen LogP) is 6.89. The predicted molar refractivity (Wildman–Crippen MR) is 103 cm³/mol. The van der Waals surface area contributed by atoms with Gasteiger partial charge in [0.05, 0.1) is 6.10 Å². The molecule has 0 aliphatic heterocycles. The van der Waals surface area contributed by atoms with Gasteiger partial charge in [-0.3, -0.25) is 0 Å². The van der Waals surface area contributed by atoms with Crippen LogP contribution in [0.25, 0.3) is 0 Å². The quantitative estimate of drug-likeness (QED) is 0.372. The highest BCUT2D eigenvalue weighted by Gasteiger charge is 2.35. The van der Waals surface area contributed by atoms with Crippen molar-refractivity contribution in [3.8, 4) is 0 Å². The second kappa shape index (κ2) is 8.84. The third-order valence-corrected chi connectivity index (χ3v) is 10.5. The zero-order valence-corrected chi connectivity index (χ0v) is 16.3. The Morgan fingerprint density at radius 3 is 2.13 bits per heavy atom. The highest BCUT2D eigenvalue weighted by atomic mass is 28.4. The standard InChI is InChI=1S/C21H34OSi/c1-5-23(6-2,7-3)22-21(20-16-12-9-13-17-20)18(4)19-14-10-8-11-15-19/h9,12-13,16-17,19,21H,4-8,10-11,14-15H2,1-3H3. The number of benzene rings is 1. The molecule has 1 atom stereocenters. The molecule has 0 amide bonds. The Morgan fingerprint density at radius 1 is 1.04 bits per heavy atom. The van der Waals surface area contributed by atoms with Crippen LogP contribution in [0, 0.1) is 5.92 Å². The van der Waals surface area contributed by atoms with Gasteiger partial charge in [0.1, 0.15) is 0 Å². The van der Waals surface area contributed by atoms with Crippen LogP contribution >= 0.6 is 0 Å². The van der Waals surface area contributed by atoms with E-state index in [2.05, 4.69) is 57.7 Å². The van der Waals surface area contributed by atoms with Gasteiger partial charge in [-0.1, -0.05) is 76.9 Å². The van der Waals surface area contributed by atoms with E-state index in [0.717, 1.165) is 0 Å². The van der Waals surface area contributed by atoms with Gasteiger partial charge in [0.15, 0.2) is 8.32 Å². The molecule has 1 aliphatic rings. The summed E-state index contributed by atoms with van der Waals surface area (Å²) in [6.45, 7) is 11.5. The first-order valence-corrected chi connectivity index (χ1v) is 12.1. The fourth-order valence-electron chi connectivity index (χ4n) is 3.92. The van der Waals surface area contributed by atoms with Crippen LogP contribution in [0.2, 0.25) is 18.1 Å².